The van der Waals surface area contributed by atoms with Crippen LogP contribution in [0.2, 0.25) is 0 Å². The van der Waals surface area contributed by atoms with Gasteiger partial charge in [-0.2, -0.15) is 0 Å². The van der Waals surface area contributed by atoms with E-state index in [0.717, 1.165) is 4.90 Å². The molecule has 0 saturated carbocycles. The first kappa shape index (κ1) is 21.7. The third-order valence-corrected chi connectivity index (χ3v) is 4.84. The number of amides is 3. The Balaban J connectivity index is 1.74. The Morgan fingerprint density at radius 1 is 1.23 bits per heavy atom. The van der Waals surface area contributed by atoms with Crippen LogP contribution in [-0.2, 0) is 14.3 Å². The van der Waals surface area contributed by atoms with E-state index < -0.39 is 36.3 Å². The molecule has 12 heteroatoms. The predicted octanol–water partition coefficient (Wildman–Crippen LogP) is -0.428. The average molecular weight is 427 g/mol. The minimum atomic E-state index is -1.19. The second-order valence-corrected chi connectivity index (χ2v) is 6.88. The van der Waals surface area contributed by atoms with Crippen molar-refractivity contribution in [2.75, 3.05) is 55.7 Å². The van der Waals surface area contributed by atoms with Gasteiger partial charge in [0, 0.05) is 26.6 Å². The van der Waals surface area contributed by atoms with E-state index in [1.165, 1.54) is 24.1 Å². The first-order valence-electron chi connectivity index (χ1n) is 9.42. The van der Waals surface area contributed by atoms with Crippen LogP contribution in [-0.4, -0.2) is 80.0 Å². The fraction of sp³-hybridized carbons (Fsp3) is 0.500. The summed E-state index contributed by atoms with van der Waals surface area (Å²) >= 11 is 0. The first-order chi connectivity index (χ1) is 14.3. The Morgan fingerprint density at radius 2 is 1.93 bits per heavy atom. The molecule has 0 bridgehead atoms. The van der Waals surface area contributed by atoms with Crippen LogP contribution in [0.15, 0.2) is 12.1 Å². The van der Waals surface area contributed by atoms with Crippen molar-refractivity contribution < 1.29 is 33.0 Å². The van der Waals surface area contributed by atoms with Crippen molar-refractivity contribution in [2.45, 2.75) is 13.0 Å². The lowest BCUT2D eigenvalue weighted by Crippen LogP contribution is -2.45. The maximum absolute atomic E-state index is 14.8. The van der Waals surface area contributed by atoms with Crippen molar-refractivity contribution in [1.82, 2.24) is 15.8 Å². The van der Waals surface area contributed by atoms with Crippen molar-refractivity contribution >= 4 is 29.3 Å². The largest absolute Gasteiger partial charge is 0.442 e. The highest BCUT2D eigenvalue weighted by Crippen LogP contribution is 2.31. The molecule has 0 unspecified atom stereocenters. The van der Waals surface area contributed by atoms with Crippen molar-refractivity contribution in [3.8, 4) is 0 Å². The van der Waals surface area contributed by atoms with Crippen LogP contribution >= 0.6 is 0 Å². The second-order valence-electron chi connectivity index (χ2n) is 6.88. The number of aliphatic hydroxyl groups is 1. The summed E-state index contributed by atoms with van der Waals surface area (Å²) in [6, 6.07) is 2.66. The minimum absolute atomic E-state index is 0.00120. The summed E-state index contributed by atoms with van der Waals surface area (Å²) in [6.07, 6.45) is -1.50. The first-order valence-corrected chi connectivity index (χ1v) is 9.42. The fourth-order valence-electron chi connectivity index (χ4n) is 3.33. The Morgan fingerprint density at radius 3 is 2.63 bits per heavy atom. The number of ether oxygens (including phenoxy) is 1. The number of halogens is 2. The molecule has 10 nitrogen and oxygen atoms in total. The number of hydrazine groups is 1. The van der Waals surface area contributed by atoms with Gasteiger partial charge in [0.2, 0.25) is 5.91 Å². The molecule has 0 aliphatic carbocycles. The van der Waals surface area contributed by atoms with E-state index in [1.54, 1.807) is 4.90 Å². The second kappa shape index (κ2) is 9.22. The maximum Gasteiger partial charge on any atom is 0.414 e. The Bertz CT molecular complexity index is 839. The van der Waals surface area contributed by atoms with E-state index in [4.69, 9.17) is 9.84 Å². The molecular weight excluding hydrogens is 404 g/mol. The summed E-state index contributed by atoms with van der Waals surface area (Å²) in [6.45, 7) is 1.70. The molecule has 30 heavy (non-hydrogen) atoms. The number of benzene rings is 1. The minimum Gasteiger partial charge on any atom is -0.442 e. The zero-order chi connectivity index (χ0) is 21.8. The monoisotopic (exact) mass is 427 g/mol. The molecule has 3 amide bonds. The number of aliphatic hydroxyl groups excluding tert-OH is 1. The number of anilines is 2. The van der Waals surface area contributed by atoms with E-state index in [1.807, 2.05) is 0 Å². The van der Waals surface area contributed by atoms with Crippen LogP contribution in [0.1, 0.15) is 6.92 Å². The summed E-state index contributed by atoms with van der Waals surface area (Å²) in [7, 11) is 0. The SMILES string of the molecule is CC(=O)NC[C@H]1CN(c2ccc(N3CCNN(C(=O)CO)CC3)c(F)c2F)C(=O)O1. The van der Waals surface area contributed by atoms with E-state index in [2.05, 4.69) is 10.7 Å². The van der Waals surface area contributed by atoms with Crippen LogP contribution in [0, 0.1) is 11.6 Å². The normalized spacial score (nSPS) is 19.5. The lowest BCUT2D eigenvalue weighted by Gasteiger charge is -2.24. The zero-order valence-corrected chi connectivity index (χ0v) is 16.4. The third kappa shape index (κ3) is 4.60. The lowest BCUT2D eigenvalue weighted by atomic mass is 10.2. The molecule has 0 spiro atoms. The Labute approximate surface area is 171 Å². The Hall–Kier alpha value is -2.99. The van der Waals surface area contributed by atoms with Gasteiger partial charge in [0.05, 0.1) is 31.0 Å². The van der Waals surface area contributed by atoms with Crippen LogP contribution in [0.3, 0.4) is 0 Å². The predicted molar refractivity (Wildman–Crippen MR) is 102 cm³/mol. The summed E-state index contributed by atoms with van der Waals surface area (Å²) in [4.78, 5) is 37.2. The fourth-order valence-corrected chi connectivity index (χ4v) is 3.33. The van der Waals surface area contributed by atoms with Crippen molar-refractivity contribution in [3.63, 3.8) is 0 Å². The van der Waals surface area contributed by atoms with Crippen LogP contribution in [0.5, 0.6) is 0 Å². The van der Waals surface area contributed by atoms with Gasteiger partial charge in [-0.3, -0.25) is 19.5 Å². The summed E-state index contributed by atoms with van der Waals surface area (Å²) in [5.74, 6) is -3.12. The molecule has 1 atom stereocenters. The van der Waals surface area contributed by atoms with Crippen LogP contribution in [0.4, 0.5) is 25.0 Å². The van der Waals surface area contributed by atoms with Crippen LogP contribution in [0.25, 0.3) is 0 Å². The molecule has 164 valence electrons. The van der Waals surface area contributed by atoms with E-state index in [0.29, 0.717) is 6.54 Å². The van der Waals surface area contributed by atoms with Crippen molar-refractivity contribution in [1.29, 1.82) is 0 Å². The van der Waals surface area contributed by atoms with Gasteiger partial charge in [-0.15, -0.1) is 0 Å². The lowest BCUT2D eigenvalue weighted by molar-refractivity contribution is -0.137. The van der Waals surface area contributed by atoms with Gasteiger partial charge >= 0.3 is 6.09 Å². The van der Waals surface area contributed by atoms with Gasteiger partial charge in [-0.25, -0.2) is 19.0 Å². The smallest absolute Gasteiger partial charge is 0.414 e. The molecule has 2 aliphatic heterocycles. The molecule has 2 saturated heterocycles. The number of cyclic esters (lactones) is 1. The Kier molecular flexibility index (Phi) is 6.67. The van der Waals surface area contributed by atoms with E-state index >= 15 is 0 Å². The van der Waals surface area contributed by atoms with E-state index in [9.17, 15) is 23.2 Å². The molecule has 1 aromatic rings. The van der Waals surface area contributed by atoms with E-state index in [-0.39, 0.29) is 50.0 Å². The van der Waals surface area contributed by atoms with Gasteiger partial charge in [-0.05, 0) is 12.1 Å². The summed E-state index contributed by atoms with van der Waals surface area (Å²) in [5, 5.41) is 12.7. The molecule has 2 heterocycles. The summed E-state index contributed by atoms with van der Waals surface area (Å²) < 4.78 is 34.7. The number of carbonyl (C=O) groups excluding carboxylic acids is 3. The highest BCUT2D eigenvalue weighted by Gasteiger charge is 2.35. The average Bonchev–Trinajstić information content (AvgIpc) is 2.92. The molecule has 3 N–H and O–H groups in total. The van der Waals surface area contributed by atoms with Gasteiger partial charge in [0.1, 0.15) is 12.7 Å². The summed E-state index contributed by atoms with van der Waals surface area (Å²) in [5.41, 5.74) is 2.57. The molecule has 0 radical (unpaired) electrons. The maximum atomic E-state index is 14.8. The number of hydrogen-bond acceptors (Lipinski definition) is 7. The van der Waals surface area contributed by atoms with Gasteiger partial charge in [-0.1, -0.05) is 0 Å². The van der Waals surface area contributed by atoms with Gasteiger partial charge in [0.15, 0.2) is 11.6 Å². The number of nitrogens with one attached hydrogen (secondary N) is 2. The van der Waals surface area contributed by atoms with Gasteiger partial charge in [0.25, 0.3) is 5.91 Å². The van der Waals surface area contributed by atoms with Crippen molar-refractivity contribution in [2.24, 2.45) is 0 Å². The standard InChI is InChI=1S/C18H23F2N5O5/c1-11(27)21-8-12-9-24(18(29)30-12)14-3-2-13(16(19)17(14)20)23-5-4-22-25(7-6-23)15(28)10-26/h2-3,12,22,26H,4-10H2,1H3,(H,21,27)/t12-/m0/s1. The molecule has 1 aromatic carbocycles. The highest BCUT2D eigenvalue weighted by molar-refractivity contribution is 5.90. The van der Waals surface area contributed by atoms with Gasteiger partial charge < -0.3 is 20.1 Å². The third-order valence-electron chi connectivity index (χ3n) is 4.84. The quantitative estimate of drug-likeness (QED) is 0.584. The number of carbonyl (C=O) groups is 3. The van der Waals surface area contributed by atoms with Crippen molar-refractivity contribution in [3.05, 3.63) is 23.8 Å². The molecule has 2 fully saturated rings. The van der Waals surface area contributed by atoms with Crippen LogP contribution < -0.4 is 20.5 Å². The topological polar surface area (TPSA) is 114 Å². The highest BCUT2D eigenvalue weighted by atomic mass is 19.2. The number of rotatable bonds is 5. The molecule has 0 aromatic heterocycles. The molecule has 3 rings (SSSR count). The molecular formula is C18H23F2N5O5. The zero-order valence-electron chi connectivity index (χ0n) is 16.4. The molecule has 2 aliphatic rings. The number of hydrogen-bond donors (Lipinski definition) is 3. The number of nitrogens with zero attached hydrogens (tertiary/aromatic N) is 3.